The lowest BCUT2D eigenvalue weighted by molar-refractivity contribution is -0.120. The van der Waals surface area contributed by atoms with Crippen molar-refractivity contribution < 1.29 is 9.53 Å². The third-order valence-electron chi connectivity index (χ3n) is 2.27. The molecule has 4 heteroatoms. The van der Waals surface area contributed by atoms with Crippen LogP contribution in [0, 0.1) is 0 Å². The molecule has 0 aliphatic carbocycles. The van der Waals surface area contributed by atoms with Gasteiger partial charge >= 0.3 is 0 Å². The van der Waals surface area contributed by atoms with E-state index >= 15 is 0 Å². The molecule has 0 unspecified atom stereocenters. The van der Waals surface area contributed by atoms with Gasteiger partial charge in [-0.1, -0.05) is 25.5 Å². The first-order chi connectivity index (χ1) is 8.26. The molecule has 0 radical (unpaired) electrons. The monoisotopic (exact) mass is 236 g/mol. The molecule has 17 heavy (non-hydrogen) atoms. The van der Waals surface area contributed by atoms with E-state index in [1.165, 1.54) is 5.56 Å². The summed E-state index contributed by atoms with van der Waals surface area (Å²) in [5.74, 6) is -0.151. The Labute approximate surface area is 102 Å². The lowest BCUT2D eigenvalue weighted by Gasteiger charge is -2.06. The Kier molecular flexibility index (Phi) is 6.29. The van der Waals surface area contributed by atoms with Gasteiger partial charge in [-0.3, -0.25) is 4.79 Å². The maximum atomic E-state index is 11.4. The summed E-state index contributed by atoms with van der Waals surface area (Å²) >= 11 is 0. The third-order valence-corrected chi connectivity index (χ3v) is 2.27. The van der Waals surface area contributed by atoms with Crippen LogP contribution < -0.4 is 11.1 Å². The van der Waals surface area contributed by atoms with Crippen molar-refractivity contribution in [3.05, 3.63) is 29.8 Å². The zero-order valence-electron chi connectivity index (χ0n) is 10.2. The molecule has 0 spiro atoms. The van der Waals surface area contributed by atoms with Crippen LogP contribution in [0.4, 0.5) is 5.69 Å². The van der Waals surface area contributed by atoms with Crippen LogP contribution >= 0.6 is 0 Å². The number of amides is 1. The second-order valence-corrected chi connectivity index (χ2v) is 3.84. The molecule has 4 nitrogen and oxygen atoms in total. The quantitative estimate of drug-likeness (QED) is 0.706. The van der Waals surface area contributed by atoms with Crippen LogP contribution in [0.3, 0.4) is 0 Å². The Bertz CT molecular complexity index is 336. The Morgan fingerprint density at radius 2 is 2.06 bits per heavy atom. The molecule has 0 saturated heterocycles. The van der Waals surface area contributed by atoms with Gasteiger partial charge in [-0.2, -0.15) is 0 Å². The molecule has 1 amide bonds. The van der Waals surface area contributed by atoms with E-state index in [4.69, 9.17) is 10.5 Å². The average Bonchev–Trinajstić information content (AvgIpc) is 2.32. The van der Waals surface area contributed by atoms with Crippen molar-refractivity contribution in [2.45, 2.75) is 19.8 Å². The number of carbonyl (C=O) groups is 1. The molecular formula is C13H20N2O2. The zero-order chi connectivity index (χ0) is 12.5. The van der Waals surface area contributed by atoms with Crippen LogP contribution in [0.2, 0.25) is 0 Å². The molecule has 0 bridgehead atoms. The topological polar surface area (TPSA) is 64.3 Å². The van der Waals surface area contributed by atoms with Crippen LogP contribution in [-0.2, 0) is 16.0 Å². The number of anilines is 1. The number of rotatable bonds is 7. The van der Waals surface area contributed by atoms with E-state index in [0.717, 1.165) is 18.5 Å². The minimum atomic E-state index is -0.151. The highest BCUT2D eigenvalue weighted by Gasteiger charge is 2.01. The maximum absolute atomic E-state index is 11.4. The molecule has 0 aliphatic rings. The Morgan fingerprint density at radius 1 is 1.35 bits per heavy atom. The van der Waals surface area contributed by atoms with Crippen molar-refractivity contribution in [3.63, 3.8) is 0 Å². The first-order valence-electron chi connectivity index (χ1n) is 5.93. The first-order valence-corrected chi connectivity index (χ1v) is 5.93. The maximum Gasteiger partial charge on any atom is 0.250 e. The van der Waals surface area contributed by atoms with Crippen molar-refractivity contribution in [3.8, 4) is 0 Å². The van der Waals surface area contributed by atoms with Gasteiger partial charge in [0.1, 0.15) is 6.61 Å². The van der Waals surface area contributed by atoms with E-state index in [0.29, 0.717) is 13.2 Å². The van der Waals surface area contributed by atoms with Gasteiger partial charge in [-0.15, -0.1) is 0 Å². The van der Waals surface area contributed by atoms with Gasteiger partial charge in [0.25, 0.3) is 0 Å². The van der Waals surface area contributed by atoms with Crippen molar-refractivity contribution in [2.24, 2.45) is 5.73 Å². The predicted molar refractivity (Wildman–Crippen MR) is 68.9 cm³/mol. The highest BCUT2D eigenvalue weighted by molar-refractivity contribution is 5.91. The molecule has 1 aromatic rings. The summed E-state index contributed by atoms with van der Waals surface area (Å²) in [5, 5.41) is 2.77. The third kappa shape index (κ3) is 5.47. The van der Waals surface area contributed by atoms with Crippen LogP contribution in [0.5, 0.6) is 0 Å². The largest absolute Gasteiger partial charge is 0.370 e. The van der Waals surface area contributed by atoms with Crippen molar-refractivity contribution in [1.29, 1.82) is 0 Å². The minimum Gasteiger partial charge on any atom is -0.370 e. The summed E-state index contributed by atoms with van der Waals surface area (Å²) in [7, 11) is 0. The van der Waals surface area contributed by atoms with Crippen molar-refractivity contribution in [2.75, 3.05) is 25.1 Å². The molecule has 0 heterocycles. The number of hydrogen-bond acceptors (Lipinski definition) is 3. The summed E-state index contributed by atoms with van der Waals surface area (Å²) in [6.45, 7) is 3.03. The van der Waals surface area contributed by atoms with E-state index in [2.05, 4.69) is 12.2 Å². The predicted octanol–water partition coefficient (Wildman–Crippen LogP) is 1.55. The fraction of sp³-hybridized carbons (Fsp3) is 0.462. The highest BCUT2D eigenvalue weighted by atomic mass is 16.5. The molecule has 1 rings (SSSR count). The molecule has 0 aliphatic heterocycles. The molecular weight excluding hydrogens is 216 g/mol. The zero-order valence-corrected chi connectivity index (χ0v) is 10.2. The summed E-state index contributed by atoms with van der Waals surface area (Å²) < 4.78 is 5.04. The number of hydrogen-bond donors (Lipinski definition) is 2. The van der Waals surface area contributed by atoms with Crippen LogP contribution in [0.1, 0.15) is 18.9 Å². The molecule has 94 valence electrons. The molecule has 0 aromatic heterocycles. The standard InChI is InChI=1S/C13H20N2O2/c1-2-3-11-4-6-12(7-5-11)15-13(16)10-17-9-8-14/h4-7H,2-3,8-10,14H2,1H3,(H,15,16). The number of nitrogens with one attached hydrogen (secondary N) is 1. The second-order valence-electron chi connectivity index (χ2n) is 3.84. The molecule has 1 aromatic carbocycles. The molecule has 0 fully saturated rings. The number of aryl methyl sites for hydroxylation is 1. The van der Waals surface area contributed by atoms with E-state index in [1.807, 2.05) is 24.3 Å². The van der Waals surface area contributed by atoms with Gasteiger partial charge in [-0.05, 0) is 24.1 Å². The molecule has 3 N–H and O–H groups in total. The minimum absolute atomic E-state index is 0.0495. The summed E-state index contributed by atoms with van der Waals surface area (Å²) in [6, 6.07) is 7.87. The number of nitrogens with two attached hydrogens (primary N) is 1. The highest BCUT2D eigenvalue weighted by Crippen LogP contribution is 2.10. The Morgan fingerprint density at radius 3 is 2.65 bits per heavy atom. The first kappa shape index (κ1) is 13.7. The second kappa shape index (κ2) is 7.81. The van der Waals surface area contributed by atoms with Crippen molar-refractivity contribution in [1.82, 2.24) is 0 Å². The number of carbonyl (C=O) groups excluding carboxylic acids is 1. The number of benzene rings is 1. The molecule has 0 atom stereocenters. The smallest absolute Gasteiger partial charge is 0.250 e. The van der Waals surface area contributed by atoms with E-state index < -0.39 is 0 Å². The lowest BCUT2D eigenvalue weighted by Crippen LogP contribution is -2.20. The Balaban J connectivity index is 2.37. The van der Waals surface area contributed by atoms with E-state index in [-0.39, 0.29) is 12.5 Å². The fourth-order valence-corrected chi connectivity index (χ4v) is 1.49. The van der Waals surface area contributed by atoms with E-state index in [9.17, 15) is 4.79 Å². The summed E-state index contributed by atoms with van der Waals surface area (Å²) in [6.07, 6.45) is 2.19. The van der Waals surface area contributed by atoms with E-state index in [1.54, 1.807) is 0 Å². The van der Waals surface area contributed by atoms with Gasteiger partial charge in [-0.25, -0.2) is 0 Å². The average molecular weight is 236 g/mol. The van der Waals surface area contributed by atoms with Crippen molar-refractivity contribution >= 4 is 11.6 Å². The van der Waals surface area contributed by atoms with Crippen LogP contribution in [0.15, 0.2) is 24.3 Å². The fourth-order valence-electron chi connectivity index (χ4n) is 1.49. The normalized spacial score (nSPS) is 10.2. The summed E-state index contributed by atoms with van der Waals surface area (Å²) in [4.78, 5) is 11.4. The van der Waals surface area contributed by atoms with Gasteiger partial charge < -0.3 is 15.8 Å². The molecule has 0 saturated carbocycles. The van der Waals surface area contributed by atoms with Gasteiger partial charge in [0.05, 0.1) is 6.61 Å². The Hall–Kier alpha value is -1.39. The SMILES string of the molecule is CCCc1ccc(NC(=O)COCCN)cc1. The number of ether oxygens (including phenoxy) is 1. The van der Waals surface area contributed by atoms with Crippen LogP contribution in [0.25, 0.3) is 0 Å². The van der Waals surface area contributed by atoms with Gasteiger partial charge in [0.2, 0.25) is 5.91 Å². The van der Waals surface area contributed by atoms with Crippen LogP contribution in [-0.4, -0.2) is 25.7 Å². The van der Waals surface area contributed by atoms with Gasteiger partial charge in [0, 0.05) is 12.2 Å². The lowest BCUT2D eigenvalue weighted by atomic mass is 10.1. The summed E-state index contributed by atoms with van der Waals surface area (Å²) in [5.41, 5.74) is 7.34. The van der Waals surface area contributed by atoms with Gasteiger partial charge in [0.15, 0.2) is 0 Å².